The second-order valence-electron chi connectivity index (χ2n) is 5.89. The Labute approximate surface area is 129 Å². The van der Waals surface area contributed by atoms with E-state index in [2.05, 4.69) is 26.1 Å². The minimum atomic E-state index is -0.380. The molecule has 4 heteroatoms. The molecule has 0 unspecified atom stereocenters. The van der Waals surface area contributed by atoms with Crippen molar-refractivity contribution < 1.29 is 9.13 Å². The number of hydrogen-bond acceptors (Lipinski definition) is 2. The highest BCUT2D eigenvalue weighted by atomic mass is 35.5. The first kappa shape index (κ1) is 15.8. The van der Waals surface area contributed by atoms with Gasteiger partial charge in [-0.15, -0.1) is 0 Å². The van der Waals surface area contributed by atoms with Gasteiger partial charge in [-0.25, -0.2) is 4.39 Å². The molecule has 2 aromatic carbocycles. The van der Waals surface area contributed by atoms with Crippen molar-refractivity contribution in [3.05, 3.63) is 58.9 Å². The third-order valence-electron chi connectivity index (χ3n) is 2.90. The lowest BCUT2D eigenvalue weighted by molar-refractivity contribution is 0.414. The van der Waals surface area contributed by atoms with Crippen LogP contribution in [-0.4, -0.2) is 5.54 Å². The molecule has 0 saturated carbocycles. The summed E-state index contributed by atoms with van der Waals surface area (Å²) in [6, 6.07) is 11.8. The van der Waals surface area contributed by atoms with Gasteiger partial charge in [0, 0.05) is 17.6 Å². The summed E-state index contributed by atoms with van der Waals surface area (Å²) in [6.45, 7) is 6.99. The van der Waals surface area contributed by atoms with Gasteiger partial charge in [0.2, 0.25) is 0 Å². The van der Waals surface area contributed by atoms with Crippen LogP contribution in [0.5, 0.6) is 11.5 Å². The molecule has 2 aromatic rings. The third kappa shape index (κ3) is 4.73. The van der Waals surface area contributed by atoms with Crippen molar-refractivity contribution in [1.29, 1.82) is 0 Å². The normalized spacial score (nSPS) is 11.5. The molecule has 0 aliphatic heterocycles. The summed E-state index contributed by atoms with van der Waals surface area (Å²) >= 11 is 6.00. The molecule has 112 valence electrons. The predicted molar refractivity (Wildman–Crippen MR) is 84.5 cm³/mol. The molecule has 0 atom stereocenters. The summed E-state index contributed by atoms with van der Waals surface area (Å²) < 4.78 is 18.9. The van der Waals surface area contributed by atoms with Gasteiger partial charge in [-0.2, -0.15) is 0 Å². The highest BCUT2D eigenvalue weighted by Crippen LogP contribution is 2.31. The summed E-state index contributed by atoms with van der Waals surface area (Å²) in [6.07, 6.45) is 0. The Morgan fingerprint density at radius 3 is 2.48 bits per heavy atom. The van der Waals surface area contributed by atoms with Gasteiger partial charge in [-0.05, 0) is 45.0 Å². The molecule has 2 rings (SSSR count). The number of ether oxygens (including phenoxy) is 1. The highest BCUT2D eigenvalue weighted by Gasteiger charge is 2.12. The minimum absolute atomic E-state index is 0.0145. The van der Waals surface area contributed by atoms with Crippen LogP contribution in [0.2, 0.25) is 5.02 Å². The van der Waals surface area contributed by atoms with Crippen molar-refractivity contribution in [1.82, 2.24) is 5.32 Å². The maximum atomic E-state index is 13.1. The monoisotopic (exact) mass is 307 g/mol. The second kappa shape index (κ2) is 6.46. The Bertz CT molecular complexity index is 622. The van der Waals surface area contributed by atoms with Crippen LogP contribution in [0.3, 0.4) is 0 Å². The summed E-state index contributed by atoms with van der Waals surface area (Å²) in [5, 5.41) is 3.67. The Morgan fingerprint density at radius 1 is 1.10 bits per heavy atom. The summed E-state index contributed by atoms with van der Waals surface area (Å²) in [4.78, 5) is 0. The van der Waals surface area contributed by atoms with Gasteiger partial charge < -0.3 is 10.1 Å². The Kier molecular flexibility index (Phi) is 4.86. The quantitative estimate of drug-likeness (QED) is 0.842. The van der Waals surface area contributed by atoms with Gasteiger partial charge in [-0.1, -0.05) is 29.8 Å². The molecule has 0 aliphatic carbocycles. The molecule has 0 fully saturated rings. The van der Waals surface area contributed by atoms with E-state index in [-0.39, 0.29) is 16.4 Å². The summed E-state index contributed by atoms with van der Waals surface area (Å²) in [7, 11) is 0. The number of hydrogen-bond donors (Lipinski definition) is 1. The molecule has 21 heavy (non-hydrogen) atoms. The molecule has 0 heterocycles. The number of nitrogens with one attached hydrogen (secondary N) is 1. The molecule has 1 N–H and O–H groups in total. The van der Waals surface area contributed by atoms with Crippen LogP contribution in [0.1, 0.15) is 26.3 Å². The summed E-state index contributed by atoms with van der Waals surface area (Å²) in [5.41, 5.74) is 1.04. The third-order valence-corrected chi connectivity index (χ3v) is 3.19. The molecule has 0 aliphatic rings. The van der Waals surface area contributed by atoms with E-state index in [1.807, 2.05) is 24.3 Å². The van der Waals surface area contributed by atoms with Crippen LogP contribution in [0, 0.1) is 5.82 Å². The average molecular weight is 308 g/mol. The van der Waals surface area contributed by atoms with Crippen molar-refractivity contribution >= 4 is 11.6 Å². The lowest BCUT2D eigenvalue weighted by atomic mass is 10.1. The Morgan fingerprint density at radius 2 is 1.81 bits per heavy atom. The van der Waals surface area contributed by atoms with Crippen LogP contribution in [0.25, 0.3) is 0 Å². The molecule has 0 amide bonds. The van der Waals surface area contributed by atoms with E-state index in [1.54, 1.807) is 0 Å². The van der Waals surface area contributed by atoms with Crippen molar-refractivity contribution in [3.8, 4) is 11.5 Å². The van der Waals surface area contributed by atoms with Crippen LogP contribution in [0.4, 0.5) is 4.39 Å². The van der Waals surface area contributed by atoms with Gasteiger partial charge in [-0.3, -0.25) is 0 Å². The summed E-state index contributed by atoms with van der Waals surface area (Å²) in [5.74, 6) is 0.777. The van der Waals surface area contributed by atoms with E-state index in [0.717, 1.165) is 5.56 Å². The van der Waals surface area contributed by atoms with E-state index < -0.39 is 0 Å². The number of para-hydroxylation sites is 1. The van der Waals surface area contributed by atoms with Crippen LogP contribution < -0.4 is 10.1 Å². The largest absolute Gasteiger partial charge is 0.455 e. The van der Waals surface area contributed by atoms with E-state index in [0.29, 0.717) is 18.0 Å². The van der Waals surface area contributed by atoms with Crippen LogP contribution >= 0.6 is 11.6 Å². The highest BCUT2D eigenvalue weighted by molar-refractivity contribution is 6.32. The molecule has 0 spiro atoms. The van der Waals surface area contributed by atoms with Crippen molar-refractivity contribution in [2.75, 3.05) is 0 Å². The van der Waals surface area contributed by atoms with Gasteiger partial charge in [0.15, 0.2) is 0 Å². The SMILES string of the molecule is CC(C)(C)NCc1ccccc1Oc1ccc(F)cc1Cl. The van der Waals surface area contributed by atoms with Crippen molar-refractivity contribution in [2.45, 2.75) is 32.9 Å². The van der Waals surface area contributed by atoms with Crippen molar-refractivity contribution in [3.63, 3.8) is 0 Å². The smallest absolute Gasteiger partial charge is 0.146 e. The molecule has 0 radical (unpaired) electrons. The predicted octanol–water partition coefficient (Wildman–Crippen LogP) is 5.16. The Balaban J connectivity index is 2.20. The van der Waals surface area contributed by atoms with Gasteiger partial charge in [0.05, 0.1) is 5.02 Å². The van der Waals surface area contributed by atoms with Gasteiger partial charge >= 0.3 is 0 Å². The minimum Gasteiger partial charge on any atom is -0.455 e. The molecule has 2 nitrogen and oxygen atoms in total. The number of rotatable bonds is 4. The average Bonchev–Trinajstić information content (AvgIpc) is 2.40. The lowest BCUT2D eigenvalue weighted by Crippen LogP contribution is -2.35. The first-order chi connectivity index (χ1) is 9.85. The zero-order valence-electron chi connectivity index (χ0n) is 12.4. The molecular formula is C17H19ClFNO. The second-order valence-corrected chi connectivity index (χ2v) is 6.30. The molecule has 0 aromatic heterocycles. The Hall–Kier alpha value is -1.58. The van der Waals surface area contributed by atoms with E-state index in [4.69, 9.17) is 16.3 Å². The lowest BCUT2D eigenvalue weighted by Gasteiger charge is -2.21. The zero-order valence-corrected chi connectivity index (χ0v) is 13.2. The zero-order chi connectivity index (χ0) is 15.5. The van der Waals surface area contributed by atoms with Gasteiger partial charge in [0.25, 0.3) is 0 Å². The molecule has 0 bridgehead atoms. The van der Waals surface area contributed by atoms with Crippen LogP contribution in [-0.2, 0) is 6.54 Å². The fourth-order valence-electron chi connectivity index (χ4n) is 1.79. The molecule has 0 saturated heterocycles. The van der Waals surface area contributed by atoms with E-state index in [9.17, 15) is 4.39 Å². The maximum absolute atomic E-state index is 13.1. The number of halogens is 2. The van der Waals surface area contributed by atoms with E-state index in [1.165, 1.54) is 18.2 Å². The standard InChI is InChI=1S/C17H19ClFNO/c1-17(2,3)20-11-12-6-4-5-7-15(12)21-16-9-8-13(19)10-14(16)18/h4-10,20H,11H2,1-3H3. The maximum Gasteiger partial charge on any atom is 0.146 e. The molecular weight excluding hydrogens is 289 g/mol. The fourth-order valence-corrected chi connectivity index (χ4v) is 1.99. The first-order valence-electron chi connectivity index (χ1n) is 6.81. The number of benzene rings is 2. The first-order valence-corrected chi connectivity index (χ1v) is 7.19. The van der Waals surface area contributed by atoms with Crippen LogP contribution in [0.15, 0.2) is 42.5 Å². The topological polar surface area (TPSA) is 21.3 Å². The fraction of sp³-hybridized carbons (Fsp3) is 0.294. The van der Waals surface area contributed by atoms with Gasteiger partial charge in [0.1, 0.15) is 17.3 Å². The van der Waals surface area contributed by atoms with Crippen molar-refractivity contribution in [2.24, 2.45) is 0 Å². The van der Waals surface area contributed by atoms with E-state index >= 15 is 0 Å².